The van der Waals surface area contributed by atoms with Crippen LogP contribution < -0.4 is 5.73 Å². The molecule has 1 aromatic carbocycles. The van der Waals surface area contributed by atoms with Gasteiger partial charge in [0.25, 0.3) is 0 Å². The van der Waals surface area contributed by atoms with Crippen molar-refractivity contribution in [3.63, 3.8) is 0 Å². The van der Waals surface area contributed by atoms with Crippen molar-refractivity contribution in [3.8, 4) is 17.1 Å². The Kier molecular flexibility index (Phi) is 4.15. The molecule has 0 aliphatic rings. The van der Waals surface area contributed by atoms with Gasteiger partial charge in [-0.15, -0.1) is 0 Å². The van der Waals surface area contributed by atoms with E-state index in [0.717, 1.165) is 12.1 Å². The van der Waals surface area contributed by atoms with E-state index < -0.39 is 0 Å². The number of nitrogen functional groups attached to an aromatic ring is 1. The molecule has 2 aromatic heterocycles. The monoisotopic (exact) mass is 315 g/mol. The van der Waals surface area contributed by atoms with Gasteiger partial charge in [0.05, 0.1) is 17.4 Å². The SMILES string of the molecule is CSC(C)Cc1nc(-c2cnn(-c3ccccc3)c2N)no1. The molecule has 0 saturated carbocycles. The minimum Gasteiger partial charge on any atom is -0.383 e. The number of para-hydroxylation sites is 1. The third kappa shape index (κ3) is 2.85. The first-order chi connectivity index (χ1) is 10.7. The van der Waals surface area contributed by atoms with Gasteiger partial charge >= 0.3 is 0 Å². The highest BCUT2D eigenvalue weighted by molar-refractivity contribution is 7.99. The van der Waals surface area contributed by atoms with Gasteiger partial charge < -0.3 is 10.3 Å². The molecule has 0 amide bonds. The molecule has 2 heterocycles. The second kappa shape index (κ2) is 6.23. The molecule has 0 bridgehead atoms. The molecule has 3 rings (SSSR count). The Morgan fingerprint density at radius 2 is 2.09 bits per heavy atom. The smallest absolute Gasteiger partial charge is 0.228 e. The average Bonchev–Trinajstić information content (AvgIpc) is 3.14. The van der Waals surface area contributed by atoms with E-state index in [1.807, 2.05) is 30.3 Å². The van der Waals surface area contributed by atoms with Crippen LogP contribution in [-0.4, -0.2) is 31.4 Å². The molecule has 0 fully saturated rings. The average molecular weight is 315 g/mol. The van der Waals surface area contributed by atoms with E-state index in [0.29, 0.717) is 28.3 Å². The molecule has 3 aromatic rings. The van der Waals surface area contributed by atoms with Crippen molar-refractivity contribution in [1.82, 2.24) is 19.9 Å². The maximum Gasteiger partial charge on any atom is 0.228 e. The van der Waals surface area contributed by atoms with Gasteiger partial charge in [-0.25, -0.2) is 4.68 Å². The molecule has 0 radical (unpaired) electrons. The summed E-state index contributed by atoms with van der Waals surface area (Å²) in [5.74, 6) is 1.59. The maximum atomic E-state index is 6.18. The number of anilines is 1. The normalized spacial score (nSPS) is 12.5. The van der Waals surface area contributed by atoms with Crippen molar-refractivity contribution in [3.05, 3.63) is 42.4 Å². The Hall–Kier alpha value is -2.28. The zero-order valence-corrected chi connectivity index (χ0v) is 13.2. The highest BCUT2D eigenvalue weighted by atomic mass is 32.2. The Balaban J connectivity index is 1.89. The van der Waals surface area contributed by atoms with Gasteiger partial charge in [-0.3, -0.25) is 0 Å². The first kappa shape index (κ1) is 14.6. The molecule has 1 atom stereocenters. The van der Waals surface area contributed by atoms with Gasteiger partial charge in [-0.2, -0.15) is 21.8 Å². The maximum absolute atomic E-state index is 6.18. The lowest BCUT2D eigenvalue weighted by Crippen LogP contribution is -2.02. The molecule has 114 valence electrons. The van der Waals surface area contributed by atoms with Crippen molar-refractivity contribution in [1.29, 1.82) is 0 Å². The molecule has 6 nitrogen and oxygen atoms in total. The van der Waals surface area contributed by atoms with Gasteiger partial charge in [-0.05, 0) is 18.4 Å². The fourth-order valence-corrected chi connectivity index (χ4v) is 2.39. The van der Waals surface area contributed by atoms with E-state index in [1.165, 1.54) is 0 Å². The quantitative estimate of drug-likeness (QED) is 0.779. The topological polar surface area (TPSA) is 82.8 Å². The number of aromatic nitrogens is 4. The predicted molar refractivity (Wildman–Crippen MR) is 87.9 cm³/mol. The lowest BCUT2D eigenvalue weighted by atomic mass is 10.3. The van der Waals surface area contributed by atoms with Gasteiger partial charge in [0.15, 0.2) is 0 Å². The van der Waals surface area contributed by atoms with Crippen LogP contribution in [0, 0.1) is 0 Å². The van der Waals surface area contributed by atoms with Gasteiger partial charge in [0, 0.05) is 11.7 Å². The number of thioether (sulfide) groups is 1. The van der Waals surface area contributed by atoms with Crippen LogP contribution in [0.3, 0.4) is 0 Å². The first-order valence-electron chi connectivity index (χ1n) is 6.93. The van der Waals surface area contributed by atoms with E-state index in [2.05, 4.69) is 28.4 Å². The van der Waals surface area contributed by atoms with Crippen LogP contribution in [0.5, 0.6) is 0 Å². The van der Waals surface area contributed by atoms with E-state index in [1.54, 1.807) is 22.6 Å². The Labute approximate surface area is 132 Å². The van der Waals surface area contributed by atoms with Gasteiger partial charge in [-0.1, -0.05) is 30.3 Å². The van der Waals surface area contributed by atoms with Crippen LogP contribution in [0.2, 0.25) is 0 Å². The number of hydrogen-bond donors (Lipinski definition) is 1. The third-order valence-corrected chi connectivity index (χ3v) is 4.35. The van der Waals surface area contributed by atoms with E-state index in [-0.39, 0.29) is 0 Å². The van der Waals surface area contributed by atoms with E-state index in [9.17, 15) is 0 Å². The van der Waals surface area contributed by atoms with Crippen molar-refractivity contribution in [2.24, 2.45) is 0 Å². The first-order valence-corrected chi connectivity index (χ1v) is 8.22. The minimum absolute atomic E-state index is 0.428. The summed E-state index contributed by atoms with van der Waals surface area (Å²) in [6.07, 6.45) is 4.46. The molecule has 0 aliphatic carbocycles. The van der Waals surface area contributed by atoms with Crippen LogP contribution in [0.1, 0.15) is 12.8 Å². The highest BCUT2D eigenvalue weighted by Crippen LogP contribution is 2.25. The fourth-order valence-electron chi connectivity index (χ4n) is 2.08. The molecular weight excluding hydrogens is 298 g/mol. The Morgan fingerprint density at radius 1 is 1.32 bits per heavy atom. The lowest BCUT2D eigenvalue weighted by Gasteiger charge is -2.03. The zero-order valence-electron chi connectivity index (χ0n) is 12.4. The Bertz CT molecular complexity index is 752. The molecule has 0 aliphatic heterocycles. The molecule has 2 N–H and O–H groups in total. The molecule has 1 unspecified atom stereocenters. The number of hydrogen-bond acceptors (Lipinski definition) is 6. The minimum atomic E-state index is 0.428. The summed E-state index contributed by atoms with van der Waals surface area (Å²) in [7, 11) is 0. The standard InChI is InChI=1S/C15H17N5OS/c1-10(22-2)8-13-18-15(19-21-13)12-9-17-20(14(12)16)11-6-4-3-5-7-11/h3-7,9-10H,8,16H2,1-2H3. The number of nitrogens with zero attached hydrogens (tertiary/aromatic N) is 4. The molecule has 22 heavy (non-hydrogen) atoms. The van der Waals surface area contributed by atoms with Crippen LogP contribution >= 0.6 is 11.8 Å². The van der Waals surface area contributed by atoms with Crippen molar-refractivity contribution < 1.29 is 4.52 Å². The fraction of sp³-hybridized carbons (Fsp3) is 0.267. The van der Waals surface area contributed by atoms with Crippen molar-refractivity contribution in [2.75, 3.05) is 12.0 Å². The largest absolute Gasteiger partial charge is 0.383 e. The van der Waals surface area contributed by atoms with Gasteiger partial charge in [0.2, 0.25) is 11.7 Å². The molecule has 0 saturated heterocycles. The summed E-state index contributed by atoms with van der Waals surface area (Å²) < 4.78 is 6.96. The molecule has 0 spiro atoms. The Morgan fingerprint density at radius 3 is 2.82 bits per heavy atom. The summed E-state index contributed by atoms with van der Waals surface area (Å²) in [5, 5.41) is 8.76. The third-order valence-electron chi connectivity index (χ3n) is 3.38. The van der Waals surface area contributed by atoms with Crippen molar-refractivity contribution in [2.45, 2.75) is 18.6 Å². The summed E-state index contributed by atoms with van der Waals surface area (Å²) in [6.45, 7) is 2.12. The summed E-state index contributed by atoms with van der Waals surface area (Å²) in [5.41, 5.74) is 7.75. The summed E-state index contributed by atoms with van der Waals surface area (Å²) in [4.78, 5) is 4.41. The second-order valence-corrected chi connectivity index (χ2v) is 6.23. The number of rotatable bonds is 5. The molecular formula is C15H17N5OS. The molecule has 7 heteroatoms. The van der Waals surface area contributed by atoms with Crippen LogP contribution in [0.15, 0.2) is 41.1 Å². The zero-order chi connectivity index (χ0) is 15.5. The summed E-state index contributed by atoms with van der Waals surface area (Å²) >= 11 is 1.76. The number of benzene rings is 1. The van der Waals surface area contributed by atoms with Crippen LogP contribution in [-0.2, 0) is 6.42 Å². The van der Waals surface area contributed by atoms with Gasteiger partial charge in [0.1, 0.15) is 5.82 Å². The number of nitrogens with two attached hydrogens (primary N) is 1. The van der Waals surface area contributed by atoms with Crippen LogP contribution in [0.25, 0.3) is 17.1 Å². The van der Waals surface area contributed by atoms with E-state index >= 15 is 0 Å². The second-order valence-electron chi connectivity index (χ2n) is 4.95. The highest BCUT2D eigenvalue weighted by Gasteiger charge is 2.17. The van der Waals surface area contributed by atoms with Crippen LogP contribution in [0.4, 0.5) is 5.82 Å². The summed E-state index contributed by atoms with van der Waals surface area (Å²) in [6, 6.07) is 9.70. The predicted octanol–water partition coefficient (Wildman–Crippen LogP) is 2.80. The van der Waals surface area contributed by atoms with E-state index in [4.69, 9.17) is 10.3 Å². The lowest BCUT2D eigenvalue weighted by molar-refractivity contribution is 0.379. The van der Waals surface area contributed by atoms with Crippen molar-refractivity contribution >= 4 is 17.6 Å².